The lowest BCUT2D eigenvalue weighted by Gasteiger charge is -2.01. The van der Waals surface area contributed by atoms with Crippen LogP contribution >= 0.6 is 0 Å². The summed E-state index contributed by atoms with van der Waals surface area (Å²) in [4.78, 5) is 11.5. The molecule has 1 heterocycles. The number of ether oxygens (including phenoxy) is 1. The molecular formula is C13H16O2. The summed E-state index contributed by atoms with van der Waals surface area (Å²) < 4.78 is 5.24. The minimum absolute atomic E-state index is 0.00874. The van der Waals surface area contributed by atoms with Crippen LogP contribution in [-0.4, -0.2) is 12.1 Å². The van der Waals surface area contributed by atoms with Gasteiger partial charge in [0.1, 0.15) is 6.10 Å². The monoisotopic (exact) mass is 204 g/mol. The number of fused-ring (bicyclic) bond motifs is 2. The van der Waals surface area contributed by atoms with Crippen LogP contribution in [0, 0.1) is 5.92 Å². The first-order valence-electron chi connectivity index (χ1n) is 5.48. The Morgan fingerprint density at radius 2 is 2.27 bits per heavy atom. The van der Waals surface area contributed by atoms with Crippen molar-refractivity contribution in [3.8, 4) is 0 Å². The van der Waals surface area contributed by atoms with E-state index >= 15 is 0 Å². The predicted octanol–water partition coefficient (Wildman–Crippen LogP) is 2.77. The zero-order valence-corrected chi connectivity index (χ0v) is 8.98. The van der Waals surface area contributed by atoms with Crippen molar-refractivity contribution in [3.63, 3.8) is 0 Å². The van der Waals surface area contributed by atoms with Crippen molar-refractivity contribution in [3.05, 3.63) is 36.0 Å². The second-order valence-corrected chi connectivity index (χ2v) is 4.18. The molecule has 0 aromatic rings. The number of carbonyl (C=O) groups excluding carboxylic acids is 1. The fourth-order valence-corrected chi connectivity index (χ4v) is 2.00. The Hall–Kier alpha value is -1.31. The maximum Gasteiger partial charge on any atom is 0.309 e. The number of hydrogen-bond donors (Lipinski definition) is 0. The first kappa shape index (κ1) is 10.2. The van der Waals surface area contributed by atoms with E-state index in [1.165, 1.54) is 5.57 Å². The molecule has 2 heteroatoms. The molecule has 1 fully saturated rings. The van der Waals surface area contributed by atoms with Crippen LogP contribution < -0.4 is 0 Å². The van der Waals surface area contributed by atoms with Gasteiger partial charge in [0.05, 0.1) is 5.92 Å². The van der Waals surface area contributed by atoms with Crippen molar-refractivity contribution in [2.45, 2.75) is 32.3 Å². The third-order valence-electron chi connectivity index (χ3n) is 2.90. The Bertz CT molecular complexity index is 336. The van der Waals surface area contributed by atoms with Gasteiger partial charge in [0.2, 0.25) is 0 Å². The van der Waals surface area contributed by atoms with Crippen LogP contribution in [0.15, 0.2) is 36.0 Å². The summed E-state index contributed by atoms with van der Waals surface area (Å²) in [5, 5.41) is 0. The van der Waals surface area contributed by atoms with E-state index in [9.17, 15) is 4.79 Å². The van der Waals surface area contributed by atoms with Gasteiger partial charge in [-0.1, -0.05) is 29.9 Å². The molecule has 0 aromatic heterocycles. The normalized spacial score (nSPS) is 30.7. The first-order chi connectivity index (χ1) is 7.25. The highest BCUT2D eigenvalue weighted by Gasteiger charge is 2.32. The summed E-state index contributed by atoms with van der Waals surface area (Å²) in [6, 6.07) is 0. The van der Waals surface area contributed by atoms with Gasteiger partial charge in [0.15, 0.2) is 0 Å². The molecular weight excluding hydrogens is 188 g/mol. The van der Waals surface area contributed by atoms with Crippen molar-refractivity contribution in [1.82, 2.24) is 0 Å². The average Bonchev–Trinajstić information content (AvgIpc) is 2.51. The Balaban J connectivity index is 2.15. The Morgan fingerprint density at radius 1 is 1.40 bits per heavy atom. The van der Waals surface area contributed by atoms with E-state index in [2.05, 4.69) is 19.1 Å². The van der Waals surface area contributed by atoms with Gasteiger partial charge in [0, 0.05) is 6.42 Å². The molecule has 1 saturated heterocycles. The fourth-order valence-electron chi connectivity index (χ4n) is 2.00. The molecule has 2 aliphatic rings. The second kappa shape index (κ2) is 4.47. The summed E-state index contributed by atoms with van der Waals surface area (Å²) in [5.41, 5.74) is 1.26. The van der Waals surface area contributed by atoms with Gasteiger partial charge in [-0.25, -0.2) is 0 Å². The standard InChI is InChI=1S/C13H16O2/c1-10-5-2-3-8-12-9-11(7-4-6-10)13(14)15-12/h2-3,5-6,8,11-12H,4,7,9H2,1H3/t11?,12-/m1/s1. The van der Waals surface area contributed by atoms with E-state index in [0.717, 1.165) is 19.3 Å². The summed E-state index contributed by atoms with van der Waals surface area (Å²) in [7, 11) is 0. The van der Waals surface area contributed by atoms with Crippen LogP contribution in [0.3, 0.4) is 0 Å². The van der Waals surface area contributed by atoms with E-state index < -0.39 is 0 Å². The van der Waals surface area contributed by atoms with E-state index in [1.54, 1.807) is 0 Å². The lowest BCUT2D eigenvalue weighted by Crippen LogP contribution is -2.06. The van der Waals surface area contributed by atoms with E-state index in [-0.39, 0.29) is 18.0 Å². The molecule has 2 bridgehead atoms. The molecule has 1 aliphatic carbocycles. The minimum atomic E-state index is -0.0275. The number of carbonyl (C=O) groups is 1. The van der Waals surface area contributed by atoms with Gasteiger partial charge in [-0.15, -0.1) is 0 Å². The number of rotatable bonds is 0. The number of esters is 1. The first-order valence-corrected chi connectivity index (χ1v) is 5.48. The molecule has 0 spiro atoms. The molecule has 1 unspecified atom stereocenters. The van der Waals surface area contributed by atoms with Gasteiger partial charge in [-0.3, -0.25) is 4.79 Å². The molecule has 15 heavy (non-hydrogen) atoms. The highest BCUT2D eigenvalue weighted by atomic mass is 16.5. The van der Waals surface area contributed by atoms with Crippen LogP contribution in [0.1, 0.15) is 26.2 Å². The highest BCUT2D eigenvalue weighted by Crippen LogP contribution is 2.26. The van der Waals surface area contributed by atoms with Gasteiger partial charge in [0.25, 0.3) is 0 Å². The van der Waals surface area contributed by atoms with E-state index in [0.29, 0.717) is 0 Å². The second-order valence-electron chi connectivity index (χ2n) is 4.18. The maximum atomic E-state index is 11.5. The van der Waals surface area contributed by atoms with Crippen molar-refractivity contribution in [1.29, 1.82) is 0 Å². The minimum Gasteiger partial charge on any atom is -0.458 e. The summed E-state index contributed by atoms with van der Waals surface area (Å²) in [6.07, 6.45) is 12.9. The molecule has 80 valence electrons. The molecule has 0 amide bonds. The predicted molar refractivity (Wildman–Crippen MR) is 59.3 cm³/mol. The summed E-state index contributed by atoms with van der Waals surface area (Å²) in [6.45, 7) is 2.08. The molecule has 1 aliphatic heterocycles. The van der Waals surface area contributed by atoms with Crippen molar-refractivity contribution in [2.24, 2.45) is 5.92 Å². The maximum absolute atomic E-state index is 11.5. The van der Waals surface area contributed by atoms with Gasteiger partial charge < -0.3 is 4.74 Å². The van der Waals surface area contributed by atoms with Gasteiger partial charge >= 0.3 is 5.97 Å². The lowest BCUT2D eigenvalue weighted by molar-refractivity contribution is -0.143. The molecule has 0 aromatic carbocycles. The fraction of sp³-hybridized carbons (Fsp3) is 0.462. The number of hydrogen-bond acceptors (Lipinski definition) is 2. The molecule has 2 rings (SSSR count). The highest BCUT2D eigenvalue weighted by molar-refractivity contribution is 5.74. The Morgan fingerprint density at radius 3 is 3.13 bits per heavy atom. The van der Waals surface area contributed by atoms with Crippen molar-refractivity contribution < 1.29 is 9.53 Å². The van der Waals surface area contributed by atoms with Crippen molar-refractivity contribution in [2.75, 3.05) is 0 Å². The smallest absolute Gasteiger partial charge is 0.309 e. The van der Waals surface area contributed by atoms with E-state index in [1.807, 2.05) is 18.2 Å². The third kappa shape index (κ3) is 2.58. The molecule has 0 saturated carbocycles. The molecule has 0 N–H and O–H groups in total. The van der Waals surface area contributed by atoms with Crippen LogP contribution in [0.2, 0.25) is 0 Å². The van der Waals surface area contributed by atoms with Crippen LogP contribution in [0.5, 0.6) is 0 Å². The van der Waals surface area contributed by atoms with Crippen LogP contribution in [-0.2, 0) is 9.53 Å². The zero-order valence-electron chi connectivity index (χ0n) is 8.98. The van der Waals surface area contributed by atoms with Crippen LogP contribution in [0.4, 0.5) is 0 Å². The quantitative estimate of drug-likeness (QED) is 0.567. The van der Waals surface area contributed by atoms with Crippen molar-refractivity contribution >= 4 is 5.97 Å². The molecule has 2 atom stereocenters. The lowest BCUT2D eigenvalue weighted by atomic mass is 9.99. The van der Waals surface area contributed by atoms with Gasteiger partial charge in [-0.05, 0) is 25.8 Å². The van der Waals surface area contributed by atoms with Crippen LogP contribution in [0.25, 0.3) is 0 Å². The average molecular weight is 204 g/mol. The SMILES string of the molecule is CC1=CCCC2C[C@@H](C=CC=C1)OC2=O. The Kier molecular flexibility index (Phi) is 3.05. The van der Waals surface area contributed by atoms with E-state index in [4.69, 9.17) is 4.74 Å². The topological polar surface area (TPSA) is 26.3 Å². The van der Waals surface area contributed by atoms with Gasteiger partial charge in [-0.2, -0.15) is 0 Å². The zero-order chi connectivity index (χ0) is 10.7. The summed E-state index contributed by atoms with van der Waals surface area (Å²) in [5.74, 6) is 0.0713. The largest absolute Gasteiger partial charge is 0.458 e. The Labute approximate surface area is 90.3 Å². The molecule has 0 radical (unpaired) electrons. The summed E-state index contributed by atoms with van der Waals surface area (Å²) >= 11 is 0. The number of allylic oxidation sites excluding steroid dienone is 5. The molecule has 2 nitrogen and oxygen atoms in total. The third-order valence-corrected chi connectivity index (χ3v) is 2.90.